The number of nitriles is 2. The lowest BCUT2D eigenvalue weighted by molar-refractivity contribution is 0.522. The van der Waals surface area contributed by atoms with Crippen LogP contribution in [0.1, 0.15) is 20.3 Å². The van der Waals surface area contributed by atoms with Crippen molar-refractivity contribution in [2.75, 3.05) is 0 Å². The average Bonchev–Trinajstić information content (AvgIpc) is 1.97. The molecule has 0 aliphatic rings. The van der Waals surface area contributed by atoms with E-state index in [-0.39, 0.29) is 5.92 Å². The van der Waals surface area contributed by atoms with Gasteiger partial charge in [0.1, 0.15) is 0 Å². The van der Waals surface area contributed by atoms with Gasteiger partial charge in [-0.1, -0.05) is 13.8 Å². The molecule has 0 saturated carbocycles. The van der Waals surface area contributed by atoms with Gasteiger partial charge < -0.3 is 4.11 Å². The fourth-order valence-electron chi connectivity index (χ4n) is 1.24. The van der Waals surface area contributed by atoms with Crippen LogP contribution in [0.4, 0.5) is 4.11 Å². The maximum Gasteiger partial charge on any atom is 0.275 e. The zero-order valence-electron chi connectivity index (χ0n) is 8.56. The van der Waals surface area contributed by atoms with Gasteiger partial charge in [0.25, 0.3) is 8.41 Å². The first-order chi connectivity index (χ1) is 5.79. The number of hydrogen-bond donors (Lipinski definition) is 0. The molecular formula is C9H15FN2Si. The Morgan fingerprint density at radius 3 is 1.77 bits per heavy atom. The van der Waals surface area contributed by atoms with E-state index in [4.69, 9.17) is 10.5 Å². The second-order valence-electron chi connectivity index (χ2n) is 4.20. The SMILES string of the molecule is CC(C)CC(C#N)(C#N)[Si](C)(C)F. The molecule has 13 heavy (non-hydrogen) atoms. The van der Waals surface area contributed by atoms with E-state index in [0.29, 0.717) is 6.42 Å². The van der Waals surface area contributed by atoms with Gasteiger partial charge in [0, 0.05) is 0 Å². The predicted octanol–water partition coefficient (Wildman–Crippen LogP) is 2.99. The first-order valence-corrected chi connectivity index (χ1v) is 7.18. The summed E-state index contributed by atoms with van der Waals surface area (Å²) in [4.78, 5) is 0. The zero-order valence-corrected chi connectivity index (χ0v) is 9.56. The summed E-state index contributed by atoms with van der Waals surface area (Å²) in [5, 5.41) is 16.4. The van der Waals surface area contributed by atoms with Gasteiger partial charge in [0.15, 0.2) is 5.04 Å². The van der Waals surface area contributed by atoms with Gasteiger partial charge in [-0.05, 0) is 25.4 Å². The Kier molecular flexibility index (Phi) is 3.63. The van der Waals surface area contributed by atoms with Crippen LogP contribution in [-0.4, -0.2) is 8.41 Å². The van der Waals surface area contributed by atoms with Crippen LogP contribution in [0.3, 0.4) is 0 Å². The van der Waals surface area contributed by atoms with E-state index in [0.717, 1.165) is 0 Å². The van der Waals surface area contributed by atoms with E-state index < -0.39 is 13.4 Å². The summed E-state index contributed by atoms with van der Waals surface area (Å²) >= 11 is 0. The van der Waals surface area contributed by atoms with Crippen molar-refractivity contribution in [2.24, 2.45) is 5.92 Å². The molecule has 0 amide bonds. The first kappa shape index (κ1) is 12.1. The van der Waals surface area contributed by atoms with E-state index >= 15 is 0 Å². The van der Waals surface area contributed by atoms with Gasteiger partial charge in [-0.25, -0.2) is 0 Å². The third-order valence-electron chi connectivity index (χ3n) is 2.11. The van der Waals surface area contributed by atoms with Crippen molar-refractivity contribution in [3.05, 3.63) is 0 Å². The second-order valence-corrected chi connectivity index (χ2v) is 8.00. The topological polar surface area (TPSA) is 47.6 Å². The average molecular weight is 198 g/mol. The molecule has 4 heteroatoms. The molecule has 2 nitrogen and oxygen atoms in total. The summed E-state index contributed by atoms with van der Waals surface area (Å²) < 4.78 is 13.8. The van der Waals surface area contributed by atoms with Gasteiger partial charge in [-0.3, -0.25) is 0 Å². The third kappa shape index (κ3) is 2.53. The summed E-state index contributed by atoms with van der Waals surface area (Å²) in [5.41, 5.74) is 0. The summed E-state index contributed by atoms with van der Waals surface area (Å²) in [6.07, 6.45) is 0.329. The number of nitrogens with zero attached hydrogens (tertiary/aromatic N) is 2. The molecule has 0 bridgehead atoms. The molecule has 0 spiro atoms. The van der Waals surface area contributed by atoms with Gasteiger partial charge in [0.05, 0.1) is 12.1 Å². The molecule has 0 atom stereocenters. The standard InChI is InChI=1S/C9H15FN2Si/c1-8(2)5-9(6-11,7-12)13(3,4)10/h8H,5H2,1-4H3. The van der Waals surface area contributed by atoms with Crippen LogP contribution >= 0.6 is 0 Å². The van der Waals surface area contributed by atoms with Crippen LogP contribution in [-0.2, 0) is 0 Å². The Bertz CT molecular complexity index is 240. The van der Waals surface area contributed by atoms with Crippen LogP contribution in [0.5, 0.6) is 0 Å². The van der Waals surface area contributed by atoms with Crippen molar-refractivity contribution in [3.8, 4) is 12.1 Å². The van der Waals surface area contributed by atoms with Crippen LogP contribution in [0.2, 0.25) is 18.1 Å². The minimum absolute atomic E-state index is 0.168. The minimum Gasteiger partial charge on any atom is -0.312 e. The first-order valence-electron chi connectivity index (χ1n) is 4.30. The second kappa shape index (κ2) is 3.89. The molecule has 0 aromatic carbocycles. The Morgan fingerprint density at radius 2 is 1.69 bits per heavy atom. The molecule has 0 aliphatic carbocycles. The molecule has 0 fully saturated rings. The Labute approximate surface area is 80.2 Å². The predicted molar refractivity (Wildman–Crippen MR) is 52.0 cm³/mol. The van der Waals surface area contributed by atoms with E-state index in [2.05, 4.69) is 0 Å². The lowest BCUT2D eigenvalue weighted by atomic mass is 9.99. The lowest BCUT2D eigenvalue weighted by Gasteiger charge is -2.28. The molecule has 0 heterocycles. The summed E-state index contributed by atoms with van der Waals surface area (Å²) in [6.45, 7) is 6.62. The highest BCUT2D eigenvalue weighted by Crippen LogP contribution is 2.43. The van der Waals surface area contributed by atoms with Crippen molar-refractivity contribution < 1.29 is 4.11 Å². The van der Waals surface area contributed by atoms with Gasteiger partial charge in [0.2, 0.25) is 0 Å². The summed E-state index contributed by atoms with van der Waals surface area (Å²) in [7, 11) is -3.22. The highest BCUT2D eigenvalue weighted by atomic mass is 28.4. The Balaban J connectivity index is 5.00. The van der Waals surface area contributed by atoms with Crippen LogP contribution in [0.15, 0.2) is 0 Å². The van der Waals surface area contributed by atoms with Crippen LogP contribution in [0.25, 0.3) is 0 Å². The van der Waals surface area contributed by atoms with Crippen molar-refractivity contribution in [1.82, 2.24) is 0 Å². The van der Waals surface area contributed by atoms with E-state index in [1.54, 1.807) is 0 Å². The van der Waals surface area contributed by atoms with Crippen molar-refractivity contribution in [1.29, 1.82) is 10.5 Å². The zero-order chi connectivity index (χ0) is 10.7. The maximum atomic E-state index is 13.8. The molecule has 0 rings (SSSR count). The van der Waals surface area contributed by atoms with E-state index in [1.165, 1.54) is 13.1 Å². The molecule has 72 valence electrons. The molecule has 0 radical (unpaired) electrons. The minimum atomic E-state index is -3.22. The van der Waals surface area contributed by atoms with Crippen LogP contribution < -0.4 is 0 Å². The van der Waals surface area contributed by atoms with Gasteiger partial charge in [-0.15, -0.1) is 0 Å². The van der Waals surface area contributed by atoms with Crippen molar-refractivity contribution in [2.45, 2.75) is 38.4 Å². The molecule has 0 saturated heterocycles. The molecule has 0 aromatic heterocycles. The van der Waals surface area contributed by atoms with Gasteiger partial charge in [-0.2, -0.15) is 10.5 Å². The van der Waals surface area contributed by atoms with Crippen LogP contribution in [0, 0.1) is 28.6 Å². The summed E-state index contributed by atoms with van der Waals surface area (Å²) in [6, 6.07) is 3.72. The van der Waals surface area contributed by atoms with Gasteiger partial charge >= 0.3 is 0 Å². The highest BCUT2D eigenvalue weighted by Gasteiger charge is 2.50. The monoisotopic (exact) mass is 198 g/mol. The molecule has 0 unspecified atom stereocenters. The van der Waals surface area contributed by atoms with Crippen molar-refractivity contribution >= 4 is 8.41 Å². The molecule has 0 aliphatic heterocycles. The third-order valence-corrected chi connectivity index (χ3v) is 4.57. The van der Waals surface area contributed by atoms with E-state index in [1.807, 2.05) is 26.0 Å². The fraction of sp³-hybridized carbons (Fsp3) is 0.778. The number of hydrogen-bond acceptors (Lipinski definition) is 2. The molecule has 0 N–H and O–H groups in total. The number of halogens is 1. The largest absolute Gasteiger partial charge is 0.312 e. The molecular weight excluding hydrogens is 183 g/mol. The quantitative estimate of drug-likeness (QED) is 0.517. The van der Waals surface area contributed by atoms with E-state index in [9.17, 15) is 4.11 Å². The maximum absolute atomic E-state index is 13.8. The van der Waals surface area contributed by atoms with Crippen molar-refractivity contribution in [3.63, 3.8) is 0 Å². The smallest absolute Gasteiger partial charge is 0.275 e. The normalized spacial score (nSPS) is 12.3. The summed E-state index contributed by atoms with van der Waals surface area (Å²) in [5.74, 6) is 0.168. The highest BCUT2D eigenvalue weighted by molar-refractivity contribution is 6.75. The Hall–Kier alpha value is -0.873. The lowest BCUT2D eigenvalue weighted by Crippen LogP contribution is -2.37. The number of rotatable bonds is 3. The molecule has 0 aromatic rings. The fourth-order valence-corrected chi connectivity index (χ4v) is 2.66. The Morgan fingerprint density at radius 1 is 1.31 bits per heavy atom.